The topological polar surface area (TPSA) is 96.9 Å². The third kappa shape index (κ3) is 6.29. The second-order valence-electron chi connectivity index (χ2n) is 8.21. The zero-order chi connectivity index (χ0) is 19.8. The maximum atomic E-state index is 12.4. The summed E-state index contributed by atoms with van der Waals surface area (Å²) in [5.74, 6) is 0.491. The van der Waals surface area contributed by atoms with Crippen molar-refractivity contribution in [2.75, 3.05) is 26.4 Å². The highest BCUT2D eigenvalue weighted by molar-refractivity contribution is 5.79. The van der Waals surface area contributed by atoms with Crippen LogP contribution in [-0.4, -0.2) is 61.5 Å². The molecule has 2 fully saturated rings. The van der Waals surface area contributed by atoms with E-state index in [1.807, 2.05) is 12.2 Å². The summed E-state index contributed by atoms with van der Waals surface area (Å²) in [5, 5.41) is 15.7. The van der Waals surface area contributed by atoms with Crippen molar-refractivity contribution in [1.29, 1.82) is 0 Å². The Balaban J connectivity index is 1.44. The molecule has 2 amide bonds. The van der Waals surface area contributed by atoms with Crippen molar-refractivity contribution in [3.63, 3.8) is 0 Å². The lowest BCUT2D eigenvalue weighted by molar-refractivity contribution is -0.132. The van der Waals surface area contributed by atoms with Crippen molar-refractivity contribution in [2.45, 2.75) is 69.6 Å². The third-order valence-electron chi connectivity index (χ3n) is 6.06. The molecule has 3 rings (SSSR count). The highest BCUT2D eigenvalue weighted by Gasteiger charge is 2.31. The Kier molecular flexibility index (Phi) is 8.30. The van der Waals surface area contributed by atoms with Gasteiger partial charge in [-0.25, -0.2) is 0 Å². The number of hydrogen-bond donors (Lipinski definition) is 3. The third-order valence-corrected chi connectivity index (χ3v) is 6.06. The quantitative estimate of drug-likeness (QED) is 0.566. The molecular formula is C21H34N2O5. The van der Waals surface area contributed by atoms with Gasteiger partial charge in [0, 0.05) is 25.7 Å². The van der Waals surface area contributed by atoms with Crippen LogP contribution in [0.4, 0.5) is 0 Å². The van der Waals surface area contributed by atoms with E-state index in [2.05, 4.69) is 10.6 Å². The van der Waals surface area contributed by atoms with Crippen LogP contribution < -0.4 is 10.6 Å². The molecule has 0 radical (unpaired) electrons. The molecule has 1 aliphatic carbocycles. The first-order valence-corrected chi connectivity index (χ1v) is 10.7. The minimum Gasteiger partial charge on any atom is -0.394 e. The molecule has 7 nitrogen and oxygen atoms in total. The molecule has 0 unspecified atom stereocenters. The molecule has 3 N–H and O–H groups in total. The maximum Gasteiger partial charge on any atom is 0.223 e. The fraction of sp³-hybridized carbons (Fsp3) is 0.810. The number of amides is 2. The van der Waals surface area contributed by atoms with Gasteiger partial charge < -0.3 is 25.2 Å². The largest absolute Gasteiger partial charge is 0.394 e. The number of rotatable bonds is 7. The van der Waals surface area contributed by atoms with E-state index in [0.717, 1.165) is 19.4 Å². The number of hydrogen-bond acceptors (Lipinski definition) is 5. The first-order valence-electron chi connectivity index (χ1n) is 10.7. The van der Waals surface area contributed by atoms with Gasteiger partial charge in [-0.2, -0.15) is 0 Å². The van der Waals surface area contributed by atoms with Crippen molar-refractivity contribution in [1.82, 2.24) is 10.6 Å². The van der Waals surface area contributed by atoms with Crippen molar-refractivity contribution in [3.05, 3.63) is 12.2 Å². The Morgan fingerprint density at radius 3 is 2.50 bits per heavy atom. The summed E-state index contributed by atoms with van der Waals surface area (Å²) < 4.78 is 11.2. The zero-order valence-electron chi connectivity index (χ0n) is 16.6. The fourth-order valence-corrected chi connectivity index (χ4v) is 4.28. The van der Waals surface area contributed by atoms with Gasteiger partial charge in [-0.15, -0.1) is 0 Å². The average molecular weight is 395 g/mol. The molecule has 3 atom stereocenters. The van der Waals surface area contributed by atoms with E-state index >= 15 is 0 Å². The van der Waals surface area contributed by atoms with Crippen LogP contribution in [0.2, 0.25) is 0 Å². The van der Waals surface area contributed by atoms with E-state index < -0.39 is 6.10 Å². The molecule has 1 saturated carbocycles. The zero-order valence-corrected chi connectivity index (χ0v) is 16.6. The first-order chi connectivity index (χ1) is 13.7. The molecule has 1 saturated heterocycles. The van der Waals surface area contributed by atoms with Crippen molar-refractivity contribution in [2.24, 2.45) is 11.8 Å². The molecule has 158 valence electrons. The standard InChI is InChI=1S/C21H34N2O5/c24-14-19-18(23-21(26)16-8-10-27-11-9-16)7-6-17(28-19)12-20(25)22-13-15-4-2-1-3-5-15/h6-7,15-19,24H,1-5,8-14H2,(H,22,25)(H,23,26)/t17-,18-,19-/m1/s1. The van der Waals surface area contributed by atoms with E-state index in [0.29, 0.717) is 19.1 Å². The molecule has 0 bridgehead atoms. The van der Waals surface area contributed by atoms with Crippen LogP contribution >= 0.6 is 0 Å². The predicted molar refractivity (Wildman–Crippen MR) is 105 cm³/mol. The molecule has 28 heavy (non-hydrogen) atoms. The normalized spacial score (nSPS) is 29.4. The SMILES string of the molecule is O=C(C[C@H]1C=C[C@@H](NC(=O)C2CCOCC2)[C@@H](CO)O1)NCC1CCCCC1. The molecule has 7 heteroatoms. The van der Waals surface area contributed by atoms with E-state index in [1.165, 1.54) is 32.1 Å². The van der Waals surface area contributed by atoms with E-state index in [9.17, 15) is 14.7 Å². The molecular weight excluding hydrogens is 360 g/mol. The van der Waals surface area contributed by atoms with Gasteiger partial charge >= 0.3 is 0 Å². The Bertz CT molecular complexity index is 541. The van der Waals surface area contributed by atoms with Crippen LogP contribution in [0.25, 0.3) is 0 Å². The van der Waals surface area contributed by atoms with Gasteiger partial charge in [0.05, 0.1) is 25.2 Å². The summed E-state index contributed by atoms with van der Waals surface area (Å²) in [4.78, 5) is 24.7. The molecule has 2 aliphatic heterocycles. The fourth-order valence-electron chi connectivity index (χ4n) is 4.28. The van der Waals surface area contributed by atoms with Crippen molar-refractivity contribution in [3.8, 4) is 0 Å². The second-order valence-corrected chi connectivity index (χ2v) is 8.21. The van der Waals surface area contributed by atoms with Crippen LogP contribution in [0.15, 0.2) is 12.2 Å². The number of aliphatic hydroxyl groups is 1. The minimum atomic E-state index is -0.537. The predicted octanol–water partition coefficient (Wildman–Crippen LogP) is 1.30. The Hall–Kier alpha value is -1.44. The molecule has 0 aromatic carbocycles. The lowest BCUT2D eigenvalue weighted by Crippen LogP contribution is -2.51. The van der Waals surface area contributed by atoms with Gasteiger partial charge in [-0.1, -0.05) is 31.4 Å². The van der Waals surface area contributed by atoms with Gasteiger partial charge in [0.1, 0.15) is 6.10 Å². The molecule has 0 aromatic rings. The maximum absolute atomic E-state index is 12.4. The van der Waals surface area contributed by atoms with Crippen molar-refractivity contribution >= 4 is 11.8 Å². The summed E-state index contributed by atoms with van der Waals surface area (Å²) in [5.41, 5.74) is 0. The van der Waals surface area contributed by atoms with E-state index in [-0.39, 0.29) is 42.9 Å². The number of carbonyl (C=O) groups excluding carboxylic acids is 2. The first kappa shape index (κ1) is 21.3. The van der Waals surface area contributed by atoms with E-state index in [1.54, 1.807) is 0 Å². The Labute approximate surface area is 167 Å². The summed E-state index contributed by atoms with van der Waals surface area (Å²) in [6.07, 6.45) is 10.6. The van der Waals surface area contributed by atoms with Gasteiger partial charge in [-0.3, -0.25) is 9.59 Å². The Morgan fingerprint density at radius 2 is 1.79 bits per heavy atom. The molecule has 2 heterocycles. The minimum absolute atomic E-state index is 0.0244. The molecule has 0 spiro atoms. The van der Waals surface area contributed by atoms with Gasteiger partial charge in [0.15, 0.2) is 0 Å². The molecule has 3 aliphatic rings. The van der Waals surface area contributed by atoms with Crippen LogP contribution in [-0.2, 0) is 19.1 Å². The monoisotopic (exact) mass is 394 g/mol. The van der Waals surface area contributed by atoms with Crippen molar-refractivity contribution < 1.29 is 24.2 Å². The lowest BCUT2D eigenvalue weighted by atomic mass is 9.89. The number of nitrogens with one attached hydrogen (secondary N) is 2. The number of aliphatic hydroxyl groups excluding tert-OH is 1. The molecule has 0 aromatic heterocycles. The summed E-state index contributed by atoms with van der Waals surface area (Å²) in [6.45, 7) is 1.75. The van der Waals surface area contributed by atoms with E-state index in [4.69, 9.17) is 9.47 Å². The lowest BCUT2D eigenvalue weighted by Gasteiger charge is -2.33. The smallest absolute Gasteiger partial charge is 0.223 e. The van der Waals surface area contributed by atoms with Crippen LogP contribution in [0.1, 0.15) is 51.4 Å². The Morgan fingerprint density at radius 1 is 1.04 bits per heavy atom. The van der Waals surface area contributed by atoms with Crippen LogP contribution in [0.3, 0.4) is 0 Å². The highest BCUT2D eigenvalue weighted by Crippen LogP contribution is 2.23. The van der Waals surface area contributed by atoms with Gasteiger partial charge in [0.2, 0.25) is 11.8 Å². The van der Waals surface area contributed by atoms with Crippen LogP contribution in [0, 0.1) is 11.8 Å². The van der Waals surface area contributed by atoms with Crippen LogP contribution in [0.5, 0.6) is 0 Å². The summed E-state index contributed by atoms with van der Waals surface area (Å²) in [6, 6.07) is -0.373. The number of carbonyl (C=O) groups is 2. The van der Waals surface area contributed by atoms with Gasteiger partial charge in [0.25, 0.3) is 0 Å². The summed E-state index contributed by atoms with van der Waals surface area (Å²) >= 11 is 0. The average Bonchev–Trinajstić information content (AvgIpc) is 2.74. The highest BCUT2D eigenvalue weighted by atomic mass is 16.5. The van der Waals surface area contributed by atoms with Gasteiger partial charge in [-0.05, 0) is 31.6 Å². The second kappa shape index (κ2) is 10.9. The summed E-state index contributed by atoms with van der Waals surface area (Å²) in [7, 11) is 0. The number of ether oxygens (including phenoxy) is 2.